The maximum Gasteiger partial charge on any atom is 0.266 e. The van der Waals surface area contributed by atoms with E-state index in [1.54, 1.807) is 19.2 Å². The highest BCUT2D eigenvalue weighted by Crippen LogP contribution is 2.27. The lowest BCUT2D eigenvalue weighted by molar-refractivity contribution is -0.112. The van der Waals surface area contributed by atoms with E-state index in [0.717, 1.165) is 31.3 Å². The molecule has 110 valence electrons. The molecule has 0 aromatic heterocycles. The number of hydrogen-bond donors (Lipinski definition) is 1. The smallest absolute Gasteiger partial charge is 0.266 e. The fraction of sp³-hybridized carbons (Fsp3) is 0.412. The van der Waals surface area contributed by atoms with E-state index >= 15 is 0 Å². The average molecular weight is 284 g/mol. The third kappa shape index (κ3) is 3.85. The number of para-hydroxylation sites is 2. The molecule has 0 heterocycles. The lowest BCUT2D eigenvalue weighted by Crippen LogP contribution is -2.16. The Labute approximate surface area is 125 Å². The van der Waals surface area contributed by atoms with Gasteiger partial charge in [-0.15, -0.1) is 0 Å². The molecule has 0 atom stereocenters. The van der Waals surface area contributed by atoms with Crippen molar-refractivity contribution in [2.24, 2.45) is 0 Å². The highest BCUT2D eigenvalue weighted by atomic mass is 16.5. The van der Waals surface area contributed by atoms with Crippen LogP contribution in [0, 0.1) is 11.3 Å². The van der Waals surface area contributed by atoms with Gasteiger partial charge in [-0.25, -0.2) is 0 Å². The molecule has 0 aliphatic heterocycles. The molecule has 1 aliphatic carbocycles. The number of rotatable bonds is 3. The van der Waals surface area contributed by atoms with Crippen molar-refractivity contribution in [2.45, 2.75) is 38.5 Å². The van der Waals surface area contributed by atoms with Crippen molar-refractivity contribution in [1.29, 1.82) is 5.26 Å². The van der Waals surface area contributed by atoms with Gasteiger partial charge in [0.25, 0.3) is 5.91 Å². The van der Waals surface area contributed by atoms with Crippen molar-refractivity contribution in [3.63, 3.8) is 0 Å². The second-order valence-corrected chi connectivity index (χ2v) is 5.16. The summed E-state index contributed by atoms with van der Waals surface area (Å²) in [5, 5.41) is 12.1. The van der Waals surface area contributed by atoms with E-state index in [4.69, 9.17) is 4.74 Å². The Morgan fingerprint density at radius 3 is 2.48 bits per heavy atom. The van der Waals surface area contributed by atoms with Crippen LogP contribution in [0.4, 0.5) is 5.69 Å². The zero-order valence-corrected chi connectivity index (χ0v) is 12.3. The van der Waals surface area contributed by atoms with Gasteiger partial charge in [0, 0.05) is 0 Å². The molecule has 0 bridgehead atoms. The number of hydrogen-bond acceptors (Lipinski definition) is 3. The molecule has 1 N–H and O–H groups in total. The lowest BCUT2D eigenvalue weighted by atomic mass is 10.0. The number of methoxy groups -OCH3 is 1. The molecule has 2 rings (SSSR count). The molecular formula is C17H20N2O2. The summed E-state index contributed by atoms with van der Waals surface area (Å²) in [6.07, 6.45) is 6.17. The van der Waals surface area contributed by atoms with Crippen LogP contribution >= 0.6 is 0 Å². The van der Waals surface area contributed by atoms with Crippen molar-refractivity contribution in [2.75, 3.05) is 12.4 Å². The maximum atomic E-state index is 12.4. The molecule has 0 saturated heterocycles. The van der Waals surface area contributed by atoms with Crippen LogP contribution in [0.2, 0.25) is 0 Å². The van der Waals surface area contributed by atoms with Crippen molar-refractivity contribution >= 4 is 11.6 Å². The number of nitrogens with zero attached hydrogens (tertiary/aromatic N) is 1. The lowest BCUT2D eigenvalue weighted by Gasteiger charge is -2.11. The van der Waals surface area contributed by atoms with E-state index in [-0.39, 0.29) is 11.5 Å². The Morgan fingerprint density at radius 1 is 1.19 bits per heavy atom. The van der Waals surface area contributed by atoms with Crippen LogP contribution in [0.5, 0.6) is 5.75 Å². The summed E-state index contributed by atoms with van der Waals surface area (Å²) in [5.41, 5.74) is 1.84. The third-order valence-electron chi connectivity index (χ3n) is 3.75. The highest BCUT2D eigenvalue weighted by Gasteiger charge is 2.18. The van der Waals surface area contributed by atoms with Gasteiger partial charge in [0.1, 0.15) is 17.4 Å². The Kier molecular flexibility index (Phi) is 5.39. The number of carbonyl (C=O) groups excluding carboxylic acids is 1. The first-order chi connectivity index (χ1) is 10.3. The summed E-state index contributed by atoms with van der Waals surface area (Å²) in [4.78, 5) is 12.4. The zero-order chi connectivity index (χ0) is 15.1. The predicted octanol–water partition coefficient (Wildman–Crippen LogP) is 3.81. The van der Waals surface area contributed by atoms with Gasteiger partial charge in [0.15, 0.2) is 0 Å². The normalized spacial score (nSPS) is 14.8. The minimum absolute atomic E-state index is 0.266. The first kappa shape index (κ1) is 15.1. The summed E-state index contributed by atoms with van der Waals surface area (Å²) in [6.45, 7) is 0. The molecule has 4 heteroatoms. The zero-order valence-electron chi connectivity index (χ0n) is 12.3. The number of benzene rings is 1. The largest absolute Gasteiger partial charge is 0.495 e. The van der Waals surface area contributed by atoms with Crippen molar-refractivity contribution < 1.29 is 9.53 Å². The van der Waals surface area contributed by atoms with Gasteiger partial charge < -0.3 is 10.1 Å². The van der Waals surface area contributed by atoms with Crippen LogP contribution in [-0.2, 0) is 4.79 Å². The maximum absolute atomic E-state index is 12.4. The van der Waals surface area contributed by atoms with Crippen LogP contribution in [-0.4, -0.2) is 13.0 Å². The molecular weight excluding hydrogens is 264 g/mol. The molecule has 1 aromatic rings. The topological polar surface area (TPSA) is 62.1 Å². The average Bonchev–Trinajstić information content (AvgIpc) is 2.78. The van der Waals surface area contributed by atoms with E-state index in [9.17, 15) is 10.1 Å². The number of nitrogens with one attached hydrogen (secondary N) is 1. The molecule has 1 saturated carbocycles. The summed E-state index contributed by atoms with van der Waals surface area (Å²) in [6, 6.07) is 9.29. The number of amides is 1. The molecule has 1 amide bonds. The molecule has 21 heavy (non-hydrogen) atoms. The van der Waals surface area contributed by atoms with Gasteiger partial charge in [0.2, 0.25) is 0 Å². The number of ether oxygens (including phenoxy) is 1. The van der Waals surface area contributed by atoms with Gasteiger partial charge >= 0.3 is 0 Å². The molecule has 0 spiro atoms. The van der Waals surface area contributed by atoms with Crippen LogP contribution < -0.4 is 10.1 Å². The van der Waals surface area contributed by atoms with E-state index in [1.165, 1.54) is 12.8 Å². The first-order valence-electron chi connectivity index (χ1n) is 7.32. The van der Waals surface area contributed by atoms with Gasteiger partial charge in [-0.05, 0) is 43.4 Å². The fourth-order valence-corrected chi connectivity index (χ4v) is 2.63. The van der Waals surface area contributed by atoms with Crippen molar-refractivity contribution in [3.05, 3.63) is 35.4 Å². The Bertz CT molecular complexity index is 575. The minimum Gasteiger partial charge on any atom is -0.495 e. The molecule has 1 aliphatic rings. The van der Waals surface area contributed by atoms with Gasteiger partial charge in [-0.2, -0.15) is 5.26 Å². The number of carbonyl (C=O) groups is 1. The Balaban J connectivity index is 2.21. The van der Waals surface area contributed by atoms with Crippen LogP contribution in [0.15, 0.2) is 35.4 Å². The van der Waals surface area contributed by atoms with Gasteiger partial charge in [-0.3, -0.25) is 4.79 Å². The summed E-state index contributed by atoms with van der Waals surface area (Å²) in [7, 11) is 1.56. The monoisotopic (exact) mass is 284 g/mol. The number of nitriles is 1. The summed E-state index contributed by atoms with van der Waals surface area (Å²) < 4.78 is 5.21. The van der Waals surface area contributed by atoms with E-state index < -0.39 is 0 Å². The molecule has 4 nitrogen and oxygen atoms in total. The predicted molar refractivity (Wildman–Crippen MR) is 82.0 cm³/mol. The van der Waals surface area contributed by atoms with Crippen LogP contribution in [0.25, 0.3) is 0 Å². The van der Waals surface area contributed by atoms with E-state index in [0.29, 0.717) is 11.4 Å². The van der Waals surface area contributed by atoms with E-state index in [2.05, 4.69) is 11.4 Å². The highest BCUT2D eigenvalue weighted by molar-refractivity contribution is 6.07. The second kappa shape index (κ2) is 7.49. The fourth-order valence-electron chi connectivity index (χ4n) is 2.63. The quantitative estimate of drug-likeness (QED) is 0.521. The van der Waals surface area contributed by atoms with Gasteiger partial charge in [0.05, 0.1) is 12.8 Å². The summed E-state index contributed by atoms with van der Waals surface area (Å²) in [5.74, 6) is 0.257. The molecule has 0 radical (unpaired) electrons. The van der Waals surface area contributed by atoms with Crippen molar-refractivity contribution in [1.82, 2.24) is 0 Å². The second-order valence-electron chi connectivity index (χ2n) is 5.16. The van der Waals surface area contributed by atoms with Crippen LogP contribution in [0.1, 0.15) is 38.5 Å². The Morgan fingerprint density at radius 2 is 1.86 bits per heavy atom. The van der Waals surface area contributed by atoms with Gasteiger partial charge in [-0.1, -0.05) is 25.0 Å². The molecule has 1 aromatic carbocycles. The Hall–Kier alpha value is -2.28. The number of anilines is 1. The first-order valence-corrected chi connectivity index (χ1v) is 7.32. The SMILES string of the molecule is COc1ccccc1NC(=O)C(C#N)=C1CCCCCC1. The van der Waals surface area contributed by atoms with Crippen LogP contribution in [0.3, 0.4) is 0 Å². The molecule has 0 unspecified atom stereocenters. The minimum atomic E-state index is -0.334. The molecule has 1 fully saturated rings. The van der Waals surface area contributed by atoms with Crippen molar-refractivity contribution in [3.8, 4) is 11.8 Å². The third-order valence-corrected chi connectivity index (χ3v) is 3.75. The number of allylic oxidation sites excluding steroid dienone is 1. The van der Waals surface area contributed by atoms with E-state index in [1.807, 2.05) is 12.1 Å². The summed E-state index contributed by atoms with van der Waals surface area (Å²) >= 11 is 0. The standard InChI is InChI=1S/C17H20N2O2/c1-21-16-11-7-6-10-15(16)19-17(20)14(12-18)13-8-4-2-3-5-9-13/h6-7,10-11H,2-5,8-9H2,1H3,(H,19,20).